The zero-order valence-electron chi connectivity index (χ0n) is 15.6. The fourth-order valence-corrected chi connectivity index (χ4v) is 4.44. The highest BCUT2D eigenvalue weighted by Crippen LogP contribution is 2.26. The van der Waals surface area contributed by atoms with E-state index in [0.29, 0.717) is 31.1 Å². The number of hydrogen-bond donors (Lipinski definition) is 2. The van der Waals surface area contributed by atoms with Gasteiger partial charge in [0.1, 0.15) is 0 Å². The lowest BCUT2D eigenvalue weighted by molar-refractivity contribution is -0.123. The first-order valence-corrected chi connectivity index (χ1v) is 10.4. The Bertz CT molecular complexity index is 789. The number of aromatic nitrogens is 1. The van der Waals surface area contributed by atoms with Crippen LogP contribution in [0.2, 0.25) is 0 Å². The van der Waals surface area contributed by atoms with Crippen molar-refractivity contribution in [2.24, 2.45) is 5.92 Å². The highest BCUT2D eigenvalue weighted by atomic mass is 35.5. The van der Waals surface area contributed by atoms with E-state index in [1.165, 1.54) is 0 Å². The summed E-state index contributed by atoms with van der Waals surface area (Å²) in [5.41, 5.74) is 0.346. The van der Waals surface area contributed by atoms with E-state index in [9.17, 15) is 9.59 Å². The lowest BCUT2D eigenvalue weighted by Crippen LogP contribution is -2.46. The molecule has 2 N–H and O–H groups in total. The van der Waals surface area contributed by atoms with Crippen LogP contribution in [0.4, 0.5) is 0 Å². The molecule has 2 unspecified atom stereocenters. The maximum atomic E-state index is 12.8. The Hall–Kier alpha value is -1.90. The van der Waals surface area contributed by atoms with Crippen LogP contribution in [0.3, 0.4) is 0 Å². The molecule has 28 heavy (non-hydrogen) atoms. The van der Waals surface area contributed by atoms with Crippen LogP contribution in [-0.4, -0.2) is 54.1 Å². The van der Waals surface area contributed by atoms with Crippen molar-refractivity contribution in [3.8, 4) is 10.6 Å². The molecule has 4 rings (SSSR count). The van der Waals surface area contributed by atoms with Crippen molar-refractivity contribution < 1.29 is 14.1 Å². The molecule has 9 heteroatoms. The van der Waals surface area contributed by atoms with Gasteiger partial charge in [-0.3, -0.25) is 9.59 Å². The van der Waals surface area contributed by atoms with Gasteiger partial charge < -0.3 is 20.1 Å². The first-order chi connectivity index (χ1) is 13.2. The van der Waals surface area contributed by atoms with Gasteiger partial charge in [-0.05, 0) is 49.6 Å². The molecular formula is C19H25ClN4O3S. The van der Waals surface area contributed by atoms with Crippen LogP contribution in [-0.2, 0) is 4.79 Å². The molecule has 2 amide bonds. The standard InChI is InChI=1S/C19H24N4O3S.ClH/c24-18(14-5-1-7-20-14)21-11-13-4-2-8-23(12-13)19(25)15-10-16(26-22-15)17-6-3-9-27-17;/h3,6,9-10,13-14,20H,1-2,4-5,7-8,11-12H2,(H,21,24);1H. The molecule has 0 radical (unpaired) electrons. The van der Waals surface area contributed by atoms with Gasteiger partial charge in [-0.1, -0.05) is 11.2 Å². The van der Waals surface area contributed by atoms with E-state index in [1.54, 1.807) is 17.4 Å². The second-order valence-electron chi connectivity index (χ2n) is 7.21. The van der Waals surface area contributed by atoms with Crippen molar-refractivity contribution in [2.45, 2.75) is 31.7 Å². The number of amides is 2. The molecule has 0 spiro atoms. The second kappa shape index (κ2) is 9.54. The molecule has 0 bridgehead atoms. The van der Waals surface area contributed by atoms with E-state index in [2.05, 4.69) is 15.8 Å². The summed E-state index contributed by atoms with van der Waals surface area (Å²) in [5, 5.41) is 12.2. The summed E-state index contributed by atoms with van der Waals surface area (Å²) in [6.45, 7) is 2.88. The second-order valence-corrected chi connectivity index (χ2v) is 8.15. The summed E-state index contributed by atoms with van der Waals surface area (Å²) < 4.78 is 5.33. The van der Waals surface area contributed by atoms with Gasteiger partial charge in [0.2, 0.25) is 5.91 Å². The Morgan fingerprint density at radius 3 is 3.00 bits per heavy atom. The maximum Gasteiger partial charge on any atom is 0.276 e. The van der Waals surface area contributed by atoms with Gasteiger partial charge in [-0.15, -0.1) is 23.7 Å². The number of carbonyl (C=O) groups is 2. The van der Waals surface area contributed by atoms with E-state index in [4.69, 9.17) is 4.52 Å². The van der Waals surface area contributed by atoms with Gasteiger partial charge in [-0.2, -0.15) is 0 Å². The Kier molecular flexibility index (Phi) is 7.09. The van der Waals surface area contributed by atoms with Crippen LogP contribution in [0, 0.1) is 5.92 Å². The number of likely N-dealkylation sites (tertiary alicyclic amines) is 1. The van der Waals surface area contributed by atoms with Gasteiger partial charge in [0.15, 0.2) is 11.5 Å². The molecule has 2 aliphatic rings. The Labute approximate surface area is 174 Å². The minimum atomic E-state index is -0.102. The van der Waals surface area contributed by atoms with Crippen molar-refractivity contribution in [3.63, 3.8) is 0 Å². The number of halogens is 1. The van der Waals surface area contributed by atoms with Gasteiger partial charge in [0.25, 0.3) is 5.91 Å². The largest absolute Gasteiger partial charge is 0.355 e. The SMILES string of the molecule is Cl.O=C(NCC1CCCN(C(=O)c2cc(-c3cccs3)on2)C1)C1CCCN1. The topological polar surface area (TPSA) is 87.5 Å². The van der Waals surface area contributed by atoms with Crippen molar-refractivity contribution >= 4 is 35.6 Å². The highest BCUT2D eigenvalue weighted by molar-refractivity contribution is 7.13. The minimum absolute atomic E-state index is 0. The Morgan fingerprint density at radius 1 is 1.36 bits per heavy atom. The molecule has 152 valence electrons. The van der Waals surface area contributed by atoms with E-state index < -0.39 is 0 Å². The number of carbonyl (C=O) groups excluding carboxylic acids is 2. The lowest BCUT2D eigenvalue weighted by atomic mass is 9.97. The fraction of sp³-hybridized carbons (Fsp3) is 0.526. The zero-order chi connectivity index (χ0) is 18.6. The maximum absolute atomic E-state index is 12.8. The van der Waals surface area contributed by atoms with E-state index in [0.717, 1.165) is 37.1 Å². The number of rotatable bonds is 5. The van der Waals surface area contributed by atoms with Crippen LogP contribution in [0.5, 0.6) is 0 Å². The number of hydrogen-bond acceptors (Lipinski definition) is 6. The molecule has 0 saturated carbocycles. The number of nitrogens with zero attached hydrogens (tertiary/aromatic N) is 2. The van der Waals surface area contributed by atoms with Gasteiger partial charge >= 0.3 is 0 Å². The summed E-state index contributed by atoms with van der Waals surface area (Å²) in [6, 6.07) is 5.54. The quantitative estimate of drug-likeness (QED) is 0.770. The minimum Gasteiger partial charge on any atom is -0.355 e. The third kappa shape index (κ3) is 4.74. The molecular weight excluding hydrogens is 400 g/mol. The summed E-state index contributed by atoms with van der Waals surface area (Å²) >= 11 is 1.55. The van der Waals surface area contributed by atoms with Crippen LogP contribution >= 0.6 is 23.7 Å². The normalized spacial score (nSPS) is 21.9. The van der Waals surface area contributed by atoms with Crippen LogP contribution in [0.25, 0.3) is 10.6 Å². The summed E-state index contributed by atoms with van der Waals surface area (Å²) in [5.74, 6) is 0.873. The highest BCUT2D eigenvalue weighted by Gasteiger charge is 2.28. The molecule has 2 fully saturated rings. The molecule has 0 aromatic carbocycles. The smallest absolute Gasteiger partial charge is 0.276 e. The third-order valence-corrected chi connectivity index (χ3v) is 6.13. The van der Waals surface area contributed by atoms with Crippen LogP contribution in [0.15, 0.2) is 28.1 Å². The molecule has 2 saturated heterocycles. The number of piperidine rings is 1. The van der Waals surface area contributed by atoms with E-state index in [-0.39, 0.29) is 36.2 Å². The summed E-state index contributed by atoms with van der Waals surface area (Å²) in [6.07, 6.45) is 3.90. The van der Waals surface area contributed by atoms with Crippen molar-refractivity contribution in [2.75, 3.05) is 26.2 Å². The third-order valence-electron chi connectivity index (χ3n) is 5.24. The molecule has 2 aromatic rings. The van der Waals surface area contributed by atoms with Gasteiger partial charge in [0, 0.05) is 25.7 Å². The van der Waals surface area contributed by atoms with Gasteiger partial charge in [-0.25, -0.2) is 0 Å². The molecule has 2 aliphatic heterocycles. The molecule has 2 atom stereocenters. The molecule has 2 aromatic heterocycles. The van der Waals surface area contributed by atoms with Gasteiger partial charge in [0.05, 0.1) is 10.9 Å². The molecule has 7 nitrogen and oxygen atoms in total. The van der Waals surface area contributed by atoms with Crippen molar-refractivity contribution in [3.05, 3.63) is 29.3 Å². The first-order valence-electron chi connectivity index (χ1n) is 9.51. The predicted molar refractivity (Wildman–Crippen MR) is 110 cm³/mol. The van der Waals surface area contributed by atoms with Crippen molar-refractivity contribution in [1.82, 2.24) is 20.7 Å². The first kappa shape index (κ1) is 20.8. The summed E-state index contributed by atoms with van der Waals surface area (Å²) in [4.78, 5) is 27.7. The molecule has 4 heterocycles. The Morgan fingerprint density at radius 2 is 2.25 bits per heavy atom. The Balaban J connectivity index is 0.00000225. The van der Waals surface area contributed by atoms with Crippen LogP contribution in [0.1, 0.15) is 36.2 Å². The van der Waals surface area contributed by atoms with E-state index in [1.807, 2.05) is 22.4 Å². The predicted octanol–water partition coefficient (Wildman–Crippen LogP) is 2.55. The number of nitrogens with one attached hydrogen (secondary N) is 2. The molecule has 0 aliphatic carbocycles. The fourth-order valence-electron chi connectivity index (χ4n) is 3.77. The summed E-state index contributed by atoms with van der Waals surface area (Å²) in [7, 11) is 0. The number of thiophene rings is 1. The average molecular weight is 425 g/mol. The monoisotopic (exact) mass is 424 g/mol. The average Bonchev–Trinajstić information content (AvgIpc) is 3.46. The van der Waals surface area contributed by atoms with Crippen LogP contribution < -0.4 is 10.6 Å². The zero-order valence-corrected chi connectivity index (χ0v) is 17.2. The van der Waals surface area contributed by atoms with Crippen molar-refractivity contribution in [1.29, 1.82) is 0 Å². The van der Waals surface area contributed by atoms with E-state index >= 15 is 0 Å². The lowest BCUT2D eigenvalue weighted by Gasteiger charge is -2.32.